The van der Waals surface area contributed by atoms with Gasteiger partial charge in [-0.2, -0.15) is 0 Å². The van der Waals surface area contributed by atoms with E-state index in [1.807, 2.05) is 29.2 Å². The molecule has 1 heterocycles. The molecule has 1 atom stereocenters. The van der Waals surface area contributed by atoms with Crippen molar-refractivity contribution >= 4 is 40.2 Å². The van der Waals surface area contributed by atoms with Gasteiger partial charge in [-0.1, -0.05) is 6.07 Å². The molecule has 1 aliphatic rings. The predicted octanol–water partition coefficient (Wildman–Crippen LogP) is 1.87. The van der Waals surface area contributed by atoms with Gasteiger partial charge in [-0.3, -0.25) is 14.5 Å². The molecule has 108 valence electrons. The largest absolute Gasteiger partial charge is 0.468 e. The van der Waals surface area contributed by atoms with Crippen LogP contribution in [0, 0.1) is 3.57 Å². The molecular formula is C14H17IN2O3. The van der Waals surface area contributed by atoms with E-state index < -0.39 is 0 Å². The zero-order valence-corrected chi connectivity index (χ0v) is 13.4. The number of carbonyl (C=O) groups excluding carboxylic acids is 2. The minimum absolute atomic E-state index is 0.109. The van der Waals surface area contributed by atoms with E-state index in [9.17, 15) is 9.59 Å². The molecule has 0 aromatic heterocycles. The van der Waals surface area contributed by atoms with Gasteiger partial charge >= 0.3 is 5.97 Å². The van der Waals surface area contributed by atoms with Crippen molar-refractivity contribution in [3.05, 3.63) is 27.8 Å². The fraction of sp³-hybridized carbons (Fsp3) is 0.429. The van der Waals surface area contributed by atoms with E-state index in [0.29, 0.717) is 0 Å². The molecule has 1 saturated heterocycles. The van der Waals surface area contributed by atoms with Crippen LogP contribution in [0.5, 0.6) is 0 Å². The maximum Gasteiger partial charge on any atom is 0.323 e. The van der Waals surface area contributed by atoms with E-state index in [-0.39, 0.29) is 24.5 Å². The SMILES string of the molecule is COC(=O)C1CCCN1CC(=O)Nc1cccc(I)c1. The number of methoxy groups -OCH3 is 1. The number of benzene rings is 1. The highest BCUT2D eigenvalue weighted by molar-refractivity contribution is 14.1. The van der Waals surface area contributed by atoms with Crippen molar-refractivity contribution in [2.75, 3.05) is 25.5 Å². The zero-order chi connectivity index (χ0) is 14.5. The Labute approximate surface area is 131 Å². The normalized spacial score (nSPS) is 18.8. The lowest BCUT2D eigenvalue weighted by atomic mass is 10.2. The molecule has 0 radical (unpaired) electrons. The third-order valence-electron chi connectivity index (χ3n) is 3.29. The Kier molecular flexibility index (Phi) is 5.36. The molecule has 2 rings (SSSR count). The van der Waals surface area contributed by atoms with Crippen LogP contribution in [0.3, 0.4) is 0 Å². The summed E-state index contributed by atoms with van der Waals surface area (Å²) in [7, 11) is 1.38. The second-order valence-electron chi connectivity index (χ2n) is 4.71. The van der Waals surface area contributed by atoms with Crippen molar-refractivity contribution in [2.24, 2.45) is 0 Å². The van der Waals surface area contributed by atoms with Crippen molar-refractivity contribution in [3.63, 3.8) is 0 Å². The van der Waals surface area contributed by atoms with Gasteiger partial charge in [-0.15, -0.1) is 0 Å². The maximum absolute atomic E-state index is 12.0. The lowest BCUT2D eigenvalue weighted by Crippen LogP contribution is -2.41. The van der Waals surface area contributed by atoms with Crippen molar-refractivity contribution in [3.8, 4) is 0 Å². The smallest absolute Gasteiger partial charge is 0.323 e. The van der Waals surface area contributed by atoms with Crippen molar-refractivity contribution < 1.29 is 14.3 Å². The molecule has 1 aromatic carbocycles. The van der Waals surface area contributed by atoms with Crippen LogP contribution < -0.4 is 5.32 Å². The van der Waals surface area contributed by atoms with Gasteiger partial charge in [-0.05, 0) is 60.2 Å². The van der Waals surface area contributed by atoms with Crippen molar-refractivity contribution in [1.82, 2.24) is 4.90 Å². The summed E-state index contributed by atoms with van der Waals surface area (Å²) in [6.07, 6.45) is 1.67. The molecule has 5 nitrogen and oxygen atoms in total. The van der Waals surface area contributed by atoms with Crippen LogP contribution in [-0.4, -0.2) is 43.0 Å². The van der Waals surface area contributed by atoms with Gasteiger partial charge in [-0.25, -0.2) is 0 Å². The quantitative estimate of drug-likeness (QED) is 0.632. The molecule has 1 amide bonds. The highest BCUT2D eigenvalue weighted by atomic mass is 127. The number of halogens is 1. The van der Waals surface area contributed by atoms with Gasteiger partial charge in [0.15, 0.2) is 0 Å². The number of hydrogen-bond acceptors (Lipinski definition) is 4. The first-order chi connectivity index (χ1) is 9.60. The zero-order valence-electron chi connectivity index (χ0n) is 11.3. The number of nitrogens with one attached hydrogen (secondary N) is 1. The summed E-state index contributed by atoms with van der Waals surface area (Å²) < 4.78 is 5.83. The molecule has 1 aliphatic heterocycles. The van der Waals surface area contributed by atoms with Crippen LogP contribution in [0.2, 0.25) is 0 Å². The number of carbonyl (C=O) groups is 2. The highest BCUT2D eigenvalue weighted by Crippen LogP contribution is 2.18. The summed E-state index contributed by atoms with van der Waals surface area (Å²) in [5.74, 6) is -0.368. The lowest BCUT2D eigenvalue weighted by molar-refractivity contribution is -0.146. The molecule has 0 spiro atoms. The van der Waals surface area contributed by atoms with E-state index >= 15 is 0 Å². The number of amides is 1. The molecule has 0 aliphatic carbocycles. The minimum Gasteiger partial charge on any atom is -0.468 e. The summed E-state index contributed by atoms with van der Waals surface area (Å²) in [6.45, 7) is 0.963. The van der Waals surface area contributed by atoms with E-state index in [0.717, 1.165) is 28.6 Å². The molecule has 0 bridgehead atoms. The second kappa shape index (κ2) is 7.03. The third-order valence-corrected chi connectivity index (χ3v) is 3.96. The second-order valence-corrected chi connectivity index (χ2v) is 5.96. The van der Waals surface area contributed by atoms with Crippen molar-refractivity contribution in [2.45, 2.75) is 18.9 Å². The Balaban J connectivity index is 1.92. The number of likely N-dealkylation sites (tertiary alicyclic amines) is 1. The van der Waals surface area contributed by atoms with Crippen LogP contribution in [0.4, 0.5) is 5.69 Å². The lowest BCUT2D eigenvalue weighted by Gasteiger charge is -2.21. The van der Waals surface area contributed by atoms with Gasteiger partial charge in [0.25, 0.3) is 0 Å². The number of nitrogens with zero attached hydrogens (tertiary/aromatic N) is 1. The first-order valence-corrected chi connectivity index (χ1v) is 7.55. The monoisotopic (exact) mass is 388 g/mol. The molecule has 1 N–H and O–H groups in total. The Morgan fingerprint density at radius 2 is 2.30 bits per heavy atom. The number of rotatable bonds is 4. The van der Waals surface area contributed by atoms with Crippen LogP contribution >= 0.6 is 22.6 Å². The minimum atomic E-state index is -0.290. The predicted molar refractivity (Wildman–Crippen MR) is 84.4 cm³/mol. The fourth-order valence-electron chi connectivity index (χ4n) is 2.37. The standard InChI is InChI=1S/C14H17IN2O3/c1-20-14(19)12-6-3-7-17(12)9-13(18)16-11-5-2-4-10(15)8-11/h2,4-5,8,12H,3,6-7,9H2,1H3,(H,16,18). The fourth-order valence-corrected chi connectivity index (χ4v) is 2.91. The summed E-state index contributed by atoms with van der Waals surface area (Å²) in [4.78, 5) is 25.5. The molecule has 1 fully saturated rings. The third kappa shape index (κ3) is 3.92. The number of esters is 1. The maximum atomic E-state index is 12.0. The molecule has 20 heavy (non-hydrogen) atoms. The van der Waals surface area contributed by atoms with Crippen LogP contribution in [0.15, 0.2) is 24.3 Å². The van der Waals surface area contributed by atoms with Gasteiger partial charge in [0, 0.05) is 9.26 Å². The van der Waals surface area contributed by atoms with E-state index in [1.54, 1.807) is 0 Å². The molecule has 0 saturated carbocycles. The van der Waals surface area contributed by atoms with Gasteiger partial charge < -0.3 is 10.1 Å². The molecule has 1 aromatic rings. The highest BCUT2D eigenvalue weighted by Gasteiger charge is 2.32. The summed E-state index contributed by atoms with van der Waals surface area (Å²) in [5.41, 5.74) is 0.774. The van der Waals surface area contributed by atoms with Crippen LogP contribution in [0.1, 0.15) is 12.8 Å². The average Bonchev–Trinajstić information content (AvgIpc) is 2.85. The van der Waals surface area contributed by atoms with Crippen molar-refractivity contribution in [1.29, 1.82) is 0 Å². The van der Waals surface area contributed by atoms with Gasteiger partial charge in [0.1, 0.15) is 6.04 Å². The Morgan fingerprint density at radius 1 is 1.50 bits per heavy atom. The topological polar surface area (TPSA) is 58.6 Å². The van der Waals surface area contributed by atoms with Crippen LogP contribution in [-0.2, 0) is 14.3 Å². The van der Waals surface area contributed by atoms with E-state index in [4.69, 9.17) is 4.74 Å². The number of hydrogen-bond donors (Lipinski definition) is 1. The Bertz CT molecular complexity index is 507. The summed E-state index contributed by atoms with van der Waals surface area (Å²) in [5, 5.41) is 2.85. The Morgan fingerprint density at radius 3 is 3.00 bits per heavy atom. The van der Waals surface area contributed by atoms with Gasteiger partial charge in [0.05, 0.1) is 13.7 Å². The number of anilines is 1. The van der Waals surface area contributed by atoms with Crippen LogP contribution in [0.25, 0.3) is 0 Å². The molecule has 1 unspecified atom stereocenters. The molecule has 6 heteroatoms. The Hall–Kier alpha value is -1.15. The average molecular weight is 388 g/mol. The van der Waals surface area contributed by atoms with E-state index in [2.05, 4.69) is 27.9 Å². The molecular weight excluding hydrogens is 371 g/mol. The summed E-state index contributed by atoms with van der Waals surface area (Å²) >= 11 is 2.20. The van der Waals surface area contributed by atoms with E-state index in [1.165, 1.54) is 7.11 Å². The number of ether oxygens (including phenoxy) is 1. The first kappa shape index (κ1) is 15.2. The van der Waals surface area contributed by atoms with Gasteiger partial charge in [0.2, 0.25) is 5.91 Å². The first-order valence-electron chi connectivity index (χ1n) is 6.47. The summed E-state index contributed by atoms with van der Waals surface area (Å²) in [6, 6.07) is 7.32.